The normalized spacial score (nSPS) is 17.4. The molecule has 1 aromatic heterocycles. The fourth-order valence-corrected chi connectivity index (χ4v) is 3.21. The van der Waals surface area contributed by atoms with Crippen LogP contribution in [0.5, 0.6) is 0 Å². The van der Waals surface area contributed by atoms with Crippen molar-refractivity contribution >= 4 is 17.2 Å². The number of morpholine rings is 1. The molecule has 134 valence electrons. The van der Waals surface area contributed by atoms with Crippen LogP contribution in [0, 0.1) is 0 Å². The fraction of sp³-hybridized carbons (Fsp3) is 0.300. The molecule has 3 heterocycles. The van der Waals surface area contributed by atoms with Gasteiger partial charge in [-0.15, -0.1) is 0 Å². The zero-order valence-corrected chi connectivity index (χ0v) is 14.5. The molecular formula is C20H21N3O3. The van der Waals surface area contributed by atoms with Crippen molar-refractivity contribution in [2.24, 2.45) is 0 Å². The minimum atomic E-state index is -0.280. The number of cyclic esters (lactones) is 1. The van der Waals surface area contributed by atoms with Gasteiger partial charge < -0.3 is 19.7 Å². The average molecular weight is 351 g/mol. The van der Waals surface area contributed by atoms with Gasteiger partial charge in [-0.2, -0.15) is 0 Å². The van der Waals surface area contributed by atoms with Crippen LogP contribution >= 0.6 is 0 Å². The van der Waals surface area contributed by atoms with Gasteiger partial charge in [0.05, 0.1) is 24.5 Å². The number of pyridine rings is 1. The highest BCUT2D eigenvalue weighted by Gasteiger charge is 2.26. The maximum atomic E-state index is 12.2. The van der Waals surface area contributed by atoms with E-state index in [-0.39, 0.29) is 12.6 Å². The second kappa shape index (κ2) is 7.58. The Balaban J connectivity index is 1.52. The molecule has 0 atom stereocenters. The van der Waals surface area contributed by atoms with Crippen molar-refractivity contribution in [3.8, 4) is 0 Å². The van der Waals surface area contributed by atoms with Crippen molar-refractivity contribution in [1.29, 1.82) is 0 Å². The number of esters is 1. The van der Waals surface area contributed by atoms with E-state index in [0.29, 0.717) is 12.1 Å². The number of hydrogen-bond donors (Lipinski definition) is 1. The number of nitrogens with zero attached hydrogens (tertiary/aromatic N) is 2. The van der Waals surface area contributed by atoms with E-state index in [0.717, 1.165) is 48.8 Å². The first kappa shape index (κ1) is 16.6. The summed E-state index contributed by atoms with van der Waals surface area (Å²) in [7, 11) is 0. The van der Waals surface area contributed by atoms with Crippen molar-refractivity contribution in [2.45, 2.75) is 6.54 Å². The first-order chi connectivity index (χ1) is 12.8. The molecule has 4 rings (SSSR count). The van der Waals surface area contributed by atoms with Crippen LogP contribution in [0.15, 0.2) is 54.5 Å². The summed E-state index contributed by atoms with van der Waals surface area (Å²) < 4.78 is 10.6. The smallest absolute Gasteiger partial charge is 0.341 e. The first-order valence-electron chi connectivity index (χ1n) is 8.77. The Kier molecular flexibility index (Phi) is 4.84. The molecule has 0 unspecified atom stereocenters. The van der Waals surface area contributed by atoms with E-state index in [1.54, 1.807) is 6.20 Å². The Morgan fingerprint density at radius 1 is 1.12 bits per heavy atom. The molecule has 0 bridgehead atoms. The molecule has 0 saturated carbocycles. The van der Waals surface area contributed by atoms with Gasteiger partial charge in [0.1, 0.15) is 6.61 Å². The molecule has 2 aliphatic heterocycles. The second-order valence-electron chi connectivity index (χ2n) is 6.29. The van der Waals surface area contributed by atoms with E-state index >= 15 is 0 Å². The number of ether oxygens (including phenoxy) is 2. The van der Waals surface area contributed by atoms with Crippen LogP contribution in [0.4, 0.5) is 5.69 Å². The molecule has 0 amide bonds. The van der Waals surface area contributed by atoms with Gasteiger partial charge in [0, 0.05) is 37.7 Å². The van der Waals surface area contributed by atoms with Crippen LogP contribution in [-0.4, -0.2) is 43.9 Å². The molecule has 2 aromatic rings. The Labute approximate surface area is 152 Å². The van der Waals surface area contributed by atoms with E-state index in [1.165, 1.54) is 0 Å². The summed E-state index contributed by atoms with van der Waals surface area (Å²) in [6, 6.07) is 12.0. The third-order valence-corrected chi connectivity index (χ3v) is 4.61. The molecule has 6 heteroatoms. The van der Waals surface area contributed by atoms with Crippen LogP contribution in [0.25, 0.3) is 5.57 Å². The maximum absolute atomic E-state index is 12.2. The van der Waals surface area contributed by atoms with Gasteiger partial charge in [0.2, 0.25) is 0 Å². The molecule has 0 radical (unpaired) electrons. The van der Waals surface area contributed by atoms with E-state index in [2.05, 4.69) is 27.3 Å². The summed E-state index contributed by atoms with van der Waals surface area (Å²) in [5, 5.41) is 3.32. The lowest BCUT2D eigenvalue weighted by Crippen LogP contribution is -2.36. The van der Waals surface area contributed by atoms with Gasteiger partial charge >= 0.3 is 5.97 Å². The van der Waals surface area contributed by atoms with Crippen molar-refractivity contribution < 1.29 is 14.3 Å². The molecule has 0 spiro atoms. The molecule has 0 aliphatic carbocycles. The molecule has 1 saturated heterocycles. The number of anilines is 1. The van der Waals surface area contributed by atoms with E-state index in [4.69, 9.17) is 9.47 Å². The molecular weight excluding hydrogens is 330 g/mol. The minimum absolute atomic E-state index is 0.277. The highest BCUT2D eigenvalue weighted by molar-refractivity contribution is 6.19. The summed E-state index contributed by atoms with van der Waals surface area (Å²) in [4.78, 5) is 18.6. The molecule has 1 N–H and O–H groups in total. The number of carbonyl (C=O) groups excluding carboxylic acids is 1. The lowest BCUT2D eigenvalue weighted by Gasteiger charge is -2.28. The van der Waals surface area contributed by atoms with E-state index in [9.17, 15) is 4.79 Å². The van der Waals surface area contributed by atoms with Gasteiger partial charge in [-0.1, -0.05) is 18.2 Å². The SMILES string of the molecule is O=C1OCC(NCc2cccnc2)=C1c1ccc(N2CCOCC2)cc1. The lowest BCUT2D eigenvalue weighted by molar-refractivity contribution is -0.134. The standard InChI is InChI=1S/C20H21N3O3/c24-20-19(18(14-26-20)22-13-15-2-1-7-21-12-15)16-3-5-17(6-4-16)23-8-10-25-11-9-23/h1-7,12,22H,8-11,13-14H2. The van der Waals surface area contributed by atoms with Crippen LogP contribution in [0.1, 0.15) is 11.1 Å². The van der Waals surface area contributed by atoms with Crippen molar-refractivity contribution in [2.75, 3.05) is 37.8 Å². The van der Waals surface area contributed by atoms with Gasteiger partial charge in [-0.25, -0.2) is 4.79 Å². The Bertz CT molecular complexity index is 797. The Morgan fingerprint density at radius 3 is 2.65 bits per heavy atom. The number of benzene rings is 1. The predicted octanol–water partition coefficient (Wildman–Crippen LogP) is 1.98. The molecule has 1 aromatic carbocycles. The molecule has 2 aliphatic rings. The summed E-state index contributed by atoms with van der Waals surface area (Å²) in [5.41, 5.74) is 4.51. The van der Waals surface area contributed by atoms with Gasteiger partial charge in [0.15, 0.2) is 0 Å². The Hall–Kier alpha value is -2.86. The number of aromatic nitrogens is 1. The van der Waals surface area contributed by atoms with Crippen LogP contribution in [-0.2, 0) is 20.8 Å². The second-order valence-corrected chi connectivity index (χ2v) is 6.29. The molecule has 26 heavy (non-hydrogen) atoms. The van der Waals surface area contributed by atoms with E-state index in [1.807, 2.05) is 30.5 Å². The zero-order valence-electron chi connectivity index (χ0n) is 14.5. The zero-order chi connectivity index (χ0) is 17.8. The quantitative estimate of drug-likeness (QED) is 0.831. The van der Waals surface area contributed by atoms with Gasteiger partial charge in [-0.05, 0) is 29.3 Å². The highest BCUT2D eigenvalue weighted by Crippen LogP contribution is 2.27. The largest absolute Gasteiger partial charge is 0.456 e. The summed E-state index contributed by atoms with van der Waals surface area (Å²) in [6.45, 7) is 4.17. The predicted molar refractivity (Wildman–Crippen MR) is 98.4 cm³/mol. The number of rotatable bonds is 5. The number of nitrogens with one attached hydrogen (secondary N) is 1. The molecule has 6 nitrogen and oxygen atoms in total. The van der Waals surface area contributed by atoms with Crippen LogP contribution < -0.4 is 10.2 Å². The maximum Gasteiger partial charge on any atom is 0.341 e. The van der Waals surface area contributed by atoms with Gasteiger partial charge in [0.25, 0.3) is 0 Å². The fourth-order valence-electron chi connectivity index (χ4n) is 3.21. The van der Waals surface area contributed by atoms with Crippen LogP contribution in [0.3, 0.4) is 0 Å². The highest BCUT2D eigenvalue weighted by atomic mass is 16.5. The summed E-state index contributed by atoms with van der Waals surface area (Å²) >= 11 is 0. The Morgan fingerprint density at radius 2 is 1.92 bits per heavy atom. The number of carbonyl (C=O) groups is 1. The topological polar surface area (TPSA) is 63.7 Å². The van der Waals surface area contributed by atoms with Crippen molar-refractivity contribution in [1.82, 2.24) is 10.3 Å². The van der Waals surface area contributed by atoms with Crippen molar-refractivity contribution in [3.63, 3.8) is 0 Å². The minimum Gasteiger partial charge on any atom is -0.456 e. The summed E-state index contributed by atoms with van der Waals surface area (Å²) in [6.07, 6.45) is 3.55. The summed E-state index contributed by atoms with van der Waals surface area (Å²) in [5.74, 6) is -0.280. The first-order valence-corrected chi connectivity index (χ1v) is 8.77. The van der Waals surface area contributed by atoms with Crippen LogP contribution in [0.2, 0.25) is 0 Å². The third-order valence-electron chi connectivity index (χ3n) is 4.61. The monoisotopic (exact) mass is 351 g/mol. The number of hydrogen-bond acceptors (Lipinski definition) is 6. The molecule has 1 fully saturated rings. The average Bonchev–Trinajstić information content (AvgIpc) is 3.08. The van der Waals surface area contributed by atoms with Gasteiger partial charge in [-0.3, -0.25) is 4.98 Å². The lowest BCUT2D eigenvalue weighted by atomic mass is 10.0. The van der Waals surface area contributed by atoms with E-state index < -0.39 is 0 Å². The third kappa shape index (κ3) is 3.55. The van der Waals surface area contributed by atoms with Crippen molar-refractivity contribution in [3.05, 3.63) is 65.6 Å².